The maximum Gasteiger partial charge on any atom is 0.185 e. The zero-order valence-electron chi connectivity index (χ0n) is 23.6. The zero-order valence-corrected chi connectivity index (χ0v) is 25.3. The number of aromatic nitrogens is 1. The van der Waals surface area contributed by atoms with Crippen molar-refractivity contribution < 1.29 is 8.42 Å². The van der Waals surface area contributed by atoms with E-state index < -0.39 is 9.84 Å². The Morgan fingerprint density at radius 2 is 1.38 bits per heavy atom. The van der Waals surface area contributed by atoms with Gasteiger partial charge in [-0.3, -0.25) is 0 Å². The van der Waals surface area contributed by atoms with Gasteiger partial charge < -0.3 is 4.90 Å². The Bertz CT molecular complexity index is 1310. The van der Waals surface area contributed by atoms with E-state index in [1.54, 1.807) is 11.3 Å². The number of hydrogen-bond acceptors (Lipinski definition) is 5. The van der Waals surface area contributed by atoms with Crippen molar-refractivity contribution in [3.63, 3.8) is 0 Å². The highest BCUT2D eigenvalue weighted by atomic mass is 32.2. The number of aryl methyl sites for hydroxylation is 2. The van der Waals surface area contributed by atoms with E-state index in [1.165, 1.54) is 16.7 Å². The molecule has 200 valence electrons. The molecule has 4 nitrogen and oxygen atoms in total. The molecule has 0 radical (unpaired) electrons. The molecule has 1 saturated heterocycles. The Balaban J connectivity index is 1.58. The topological polar surface area (TPSA) is 50.3 Å². The molecule has 2 aromatic carbocycles. The lowest BCUT2D eigenvalue weighted by atomic mass is 9.89. The second kappa shape index (κ2) is 10.9. The van der Waals surface area contributed by atoms with E-state index in [2.05, 4.69) is 96.0 Å². The summed E-state index contributed by atoms with van der Waals surface area (Å²) in [5, 5.41) is 2.74. The molecule has 0 bridgehead atoms. The van der Waals surface area contributed by atoms with Crippen LogP contribution in [0.3, 0.4) is 0 Å². The van der Waals surface area contributed by atoms with Crippen LogP contribution < -0.4 is 4.90 Å². The van der Waals surface area contributed by atoms with Gasteiger partial charge in [0.1, 0.15) is 0 Å². The zero-order chi connectivity index (χ0) is 27.1. The molecule has 0 amide bonds. The molecule has 0 saturated carbocycles. The Morgan fingerprint density at radius 3 is 1.86 bits per heavy atom. The lowest BCUT2D eigenvalue weighted by Crippen LogP contribution is -2.39. The van der Waals surface area contributed by atoms with Crippen LogP contribution in [-0.4, -0.2) is 31.7 Å². The van der Waals surface area contributed by atoms with Crippen LogP contribution in [0.5, 0.6) is 0 Å². The first-order valence-electron chi connectivity index (χ1n) is 13.6. The lowest BCUT2D eigenvalue weighted by Gasteiger charge is -2.33. The van der Waals surface area contributed by atoms with Gasteiger partial charge in [0, 0.05) is 24.0 Å². The lowest BCUT2D eigenvalue weighted by molar-refractivity contribution is 0.526. The molecule has 0 atom stereocenters. The van der Waals surface area contributed by atoms with Gasteiger partial charge in [-0.1, -0.05) is 70.9 Å². The molecule has 1 aliphatic rings. The first kappa shape index (κ1) is 27.8. The highest BCUT2D eigenvalue weighted by Crippen LogP contribution is 2.39. The molecule has 1 aromatic heterocycles. The molecule has 1 aliphatic heterocycles. The molecule has 0 unspecified atom stereocenters. The van der Waals surface area contributed by atoms with Crippen LogP contribution in [0.4, 0.5) is 5.13 Å². The van der Waals surface area contributed by atoms with Gasteiger partial charge in [-0.05, 0) is 73.3 Å². The minimum Gasteiger partial charge on any atom is -0.348 e. The molecular weight excluding hydrogens is 496 g/mol. The summed E-state index contributed by atoms with van der Waals surface area (Å²) in [4.78, 5) is 7.79. The van der Waals surface area contributed by atoms with E-state index in [0.29, 0.717) is 36.7 Å². The molecule has 2 heterocycles. The first-order valence-corrected chi connectivity index (χ1v) is 16.0. The summed E-state index contributed by atoms with van der Waals surface area (Å²) in [7, 11) is -3.45. The highest BCUT2D eigenvalue weighted by Gasteiger charge is 2.36. The summed E-state index contributed by atoms with van der Waals surface area (Å²) in [5.74, 6) is 0.669. The average molecular weight is 539 g/mol. The molecule has 37 heavy (non-hydrogen) atoms. The van der Waals surface area contributed by atoms with Gasteiger partial charge in [0.2, 0.25) is 0 Å². The summed E-state index contributed by atoms with van der Waals surface area (Å²) in [6.45, 7) is 18.4. The largest absolute Gasteiger partial charge is 0.348 e. The van der Waals surface area contributed by atoms with E-state index in [4.69, 9.17) is 4.98 Å². The van der Waals surface area contributed by atoms with Gasteiger partial charge in [-0.2, -0.15) is 0 Å². The van der Waals surface area contributed by atoms with Crippen LogP contribution in [0.25, 0.3) is 11.3 Å². The Kier molecular flexibility index (Phi) is 8.20. The molecule has 3 aromatic rings. The van der Waals surface area contributed by atoms with Gasteiger partial charge in [-0.25, -0.2) is 13.4 Å². The van der Waals surface area contributed by atoms with Crippen LogP contribution in [-0.2, 0) is 9.84 Å². The van der Waals surface area contributed by atoms with E-state index in [0.717, 1.165) is 27.5 Å². The van der Waals surface area contributed by atoms with Crippen molar-refractivity contribution >= 4 is 26.3 Å². The average Bonchev–Trinajstić information content (AvgIpc) is 3.33. The summed E-state index contributed by atoms with van der Waals surface area (Å²) in [6.07, 6.45) is 1.25. The van der Waals surface area contributed by atoms with Crippen molar-refractivity contribution in [3.8, 4) is 11.3 Å². The van der Waals surface area contributed by atoms with Crippen LogP contribution in [0.15, 0.2) is 40.6 Å². The van der Waals surface area contributed by atoms with Gasteiger partial charge in [0.15, 0.2) is 15.0 Å². The third-order valence-corrected chi connectivity index (χ3v) is 10.8. The number of sulfone groups is 1. The highest BCUT2D eigenvalue weighted by molar-refractivity contribution is 7.92. The third-order valence-electron chi connectivity index (χ3n) is 7.52. The summed E-state index contributed by atoms with van der Waals surface area (Å²) in [5.41, 5.74) is 7.80. The van der Waals surface area contributed by atoms with Gasteiger partial charge in [0.25, 0.3) is 0 Å². The Hall–Kier alpha value is -2.18. The Morgan fingerprint density at radius 1 is 0.838 bits per heavy atom. The van der Waals surface area contributed by atoms with Gasteiger partial charge >= 0.3 is 0 Å². The van der Waals surface area contributed by atoms with E-state index in [9.17, 15) is 8.42 Å². The van der Waals surface area contributed by atoms with E-state index in [1.807, 2.05) is 0 Å². The van der Waals surface area contributed by atoms with Crippen molar-refractivity contribution in [2.45, 2.75) is 96.1 Å². The Labute approximate surface area is 228 Å². The monoisotopic (exact) mass is 538 g/mol. The fourth-order valence-corrected chi connectivity index (χ4v) is 8.71. The maximum atomic E-state index is 14.2. The summed E-state index contributed by atoms with van der Waals surface area (Å²) >= 11 is 1.65. The van der Waals surface area contributed by atoms with Crippen LogP contribution >= 0.6 is 11.3 Å². The van der Waals surface area contributed by atoms with Crippen molar-refractivity contribution in [1.82, 2.24) is 4.98 Å². The van der Waals surface area contributed by atoms with Crippen molar-refractivity contribution in [2.75, 3.05) is 18.0 Å². The number of nitrogens with zero attached hydrogens (tertiary/aromatic N) is 2. The van der Waals surface area contributed by atoms with E-state index in [-0.39, 0.29) is 17.1 Å². The molecule has 1 fully saturated rings. The number of anilines is 1. The quantitative estimate of drug-likeness (QED) is 0.304. The summed E-state index contributed by atoms with van der Waals surface area (Å²) < 4.78 is 28.4. The molecule has 0 N–H and O–H groups in total. The van der Waals surface area contributed by atoms with Crippen molar-refractivity contribution in [1.29, 1.82) is 0 Å². The first-order chi connectivity index (χ1) is 17.4. The number of benzene rings is 2. The second-order valence-electron chi connectivity index (χ2n) is 11.6. The minimum atomic E-state index is -3.45. The summed E-state index contributed by atoms with van der Waals surface area (Å²) in [6, 6.07) is 10.8. The van der Waals surface area contributed by atoms with Crippen molar-refractivity contribution in [3.05, 3.63) is 63.5 Å². The molecule has 6 heteroatoms. The standard InChI is InChI=1S/C31H42N2O2S2/c1-19(2)24-16-27(20(3)4)30(28(17-24)21(5)6)37(34,35)26-9-11-33(12-10-26)31-32-29(18-36-31)25-14-22(7)13-23(8)15-25/h13-21,26H,9-12H2,1-8H3. The normalized spacial score (nSPS) is 15.4. The van der Waals surface area contributed by atoms with E-state index >= 15 is 0 Å². The fraction of sp³-hybridized carbons (Fsp3) is 0.516. The van der Waals surface area contributed by atoms with Gasteiger partial charge in [-0.15, -0.1) is 11.3 Å². The second-order valence-corrected chi connectivity index (χ2v) is 14.6. The maximum absolute atomic E-state index is 14.2. The number of thiazole rings is 1. The molecule has 0 aliphatic carbocycles. The van der Waals surface area contributed by atoms with Crippen LogP contribution in [0.2, 0.25) is 0 Å². The number of piperidine rings is 1. The number of rotatable bonds is 7. The number of hydrogen-bond donors (Lipinski definition) is 0. The SMILES string of the molecule is Cc1cc(C)cc(-c2csc(N3CCC(S(=O)(=O)c4c(C(C)C)cc(C(C)C)cc4C(C)C)CC3)n2)c1. The third kappa shape index (κ3) is 5.80. The molecular formula is C31H42N2O2S2. The van der Waals surface area contributed by atoms with Crippen molar-refractivity contribution in [2.24, 2.45) is 0 Å². The van der Waals surface area contributed by atoms with Gasteiger partial charge in [0.05, 0.1) is 15.8 Å². The van der Waals surface area contributed by atoms with Crippen LogP contribution in [0.1, 0.15) is 100.0 Å². The molecule has 4 rings (SSSR count). The predicted molar refractivity (Wildman–Crippen MR) is 158 cm³/mol. The minimum absolute atomic E-state index is 0.153. The van der Waals surface area contributed by atoms with Crippen LogP contribution in [0, 0.1) is 13.8 Å². The predicted octanol–water partition coefficient (Wildman–Crippen LogP) is 8.24. The fourth-order valence-electron chi connectivity index (χ4n) is 5.41. The molecule has 0 spiro atoms. The smallest absolute Gasteiger partial charge is 0.185 e.